The number of benzene rings is 1. The van der Waals surface area contributed by atoms with Gasteiger partial charge in [0.15, 0.2) is 5.16 Å². The number of nitrogens with zero attached hydrogens (tertiary/aromatic N) is 4. The molecule has 0 unspecified atom stereocenters. The molecule has 3 rings (SSSR count). The van der Waals surface area contributed by atoms with Gasteiger partial charge >= 0.3 is 0 Å². The van der Waals surface area contributed by atoms with Crippen LogP contribution in [0.15, 0.2) is 42.1 Å². The minimum atomic E-state index is 0.840. The second-order valence-corrected chi connectivity index (χ2v) is 4.94. The largest absolute Gasteiger partial charge is 0.309 e. The summed E-state index contributed by atoms with van der Waals surface area (Å²) in [5, 5.41) is 9.48. The molecule has 0 aliphatic rings. The van der Waals surface area contributed by atoms with Gasteiger partial charge in [0.2, 0.25) is 5.78 Å². The molecule has 0 bridgehead atoms. The zero-order chi connectivity index (χ0) is 12.5. The van der Waals surface area contributed by atoms with Gasteiger partial charge < -0.3 is 4.57 Å². The SMILES string of the molecule is C=CCSc1nnc2n(CC)c3ccccc3n12. The number of hydrogen-bond acceptors (Lipinski definition) is 3. The number of aryl methyl sites for hydroxylation is 1. The van der Waals surface area contributed by atoms with E-state index in [4.69, 9.17) is 0 Å². The Balaban J connectivity index is 2.32. The first-order valence-corrected chi connectivity index (χ1v) is 6.91. The molecule has 0 atom stereocenters. The molecular weight excluding hydrogens is 244 g/mol. The summed E-state index contributed by atoms with van der Waals surface area (Å²) in [5.41, 5.74) is 2.36. The Morgan fingerprint density at radius 3 is 2.78 bits per heavy atom. The predicted molar refractivity (Wildman–Crippen MR) is 75.1 cm³/mol. The van der Waals surface area contributed by atoms with Crippen LogP contribution in [0.2, 0.25) is 0 Å². The molecule has 4 nitrogen and oxygen atoms in total. The maximum absolute atomic E-state index is 4.30. The zero-order valence-corrected chi connectivity index (χ0v) is 11.0. The molecule has 0 saturated carbocycles. The van der Waals surface area contributed by atoms with E-state index in [2.05, 4.69) is 50.9 Å². The summed E-state index contributed by atoms with van der Waals surface area (Å²) in [4.78, 5) is 0. The van der Waals surface area contributed by atoms with Gasteiger partial charge in [-0.15, -0.1) is 16.8 Å². The number of fused-ring (bicyclic) bond motifs is 3. The highest BCUT2D eigenvalue weighted by Crippen LogP contribution is 2.25. The molecule has 0 saturated heterocycles. The summed E-state index contributed by atoms with van der Waals surface area (Å²) < 4.78 is 4.30. The summed E-state index contributed by atoms with van der Waals surface area (Å²) in [5.74, 6) is 1.75. The minimum Gasteiger partial charge on any atom is -0.309 e. The van der Waals surface area contributed by atoms with Gasteiger partial charge in [0.05, 0.1) is 11.0 Å². The topological polar surface area (TPSA) is 35.1 Å². The Hall–Kier alpha value is -1.75. The van der Waals surface area contributed by atoms with Gasteiger partial charge in [0.1, 0.15) is 0 Å². The highest BCUT2D eigenvalue weighted by atomic mass is 32.2. The number of para-hydroxylation sites is 2. The van der Waals surface area contributed by atoms with Crippen LogP contribution in [0, 0.1) is 0 Å². The van der Waals surface area contributed by atoms with Crippen molar-refractivity contribution in [1.29, 1.82) is 0 Å². The molecular formula is C13H14N4S. The summed E-state index contributed by atoms with van der Waals surface area (Å²) in [7, 11) is 0. The van der Waals surface area contributed by atoms with E-state index in [0.717, 1.165) is 28.7 Å². The Bertz CT molecular complexity index is 710. The fourth-order valence-corrected chi connectivity index (χ4v) is 2.85. The fourth-order valence-electron chi connectivity index (χ4n) is 2.18. The first-order chi connectivity index (χ1) is 8.86. The van der Waals surface area contributed by atoms with Gasteiger partial charge in [-0.2, -0.15) is 0 Å². The molecule has 0 spiro atoms. The Kier molecular flexibility index (Phi) is 2.83. The van der Waals surface area contributed by atoms with E-state index in [1.807, 2.05) is 12.1 Å². The second-order valence-electron chi connectivity index (χ2n) is 3.95. The Morgan fingerprint density at radius 1 is 1.28 bits per heavy atom. The first kappa shape index (κ1) is 11.3. The van der Waals surface area contributed by atoms with Gasteiger partial charge in [0.25, 0.3) is 0 Å². The van der Waals surface area contributed by atoms with Gasteiger partial charge in [-0.1, -0.05) is 30.0 Å². The fraction of sp³-hybridized carbons (Fsp3) is 0.231. The van der Waals surface area contributed by atoms with Crippen LogP contribution in [-0.2, 0) is 6.54 Å². The molecule has 0 fully saturated rings. The average Bonchev–Trinajstić information content (AvgIpc) is 2.94. The van der Waals surface area contributed by atoms with Gasteiger partial charge in [-0.05, 0) is 19.1 Å². The predicted octanol–water partition coefficient (Wildman–Crippen LogP) is 2.98. The molecule has 18 heavy (non-hydrogen) atoms. The number of hydrogen-bond donors (Lipinski definition) is 0. The lowest BCUT2D eigenvalue weighted by Gasteiger charge is -1.97. The lowest BCUT2D eigenvalue weighted by molar-refractivity contribution is 0.802. The summed E-state index contributed by atoms with van der Waals surface area (Å²) in [6.07, 6.45) is 1.88. The normalized spacial score (nSPS) is 11.4. The molecule has 0 aliphatic heterocycles. The molecule has 1 aromatic carbocycles. The van der Waals surface area contributed by atoms with Crippen LogP contribution in [0.4, 0.5) is 0 Å². The Morgan fingerprint density at radius 2 is 2.06 bits per heavy atom. The van der Waals surface area contributed by atoms with Crippen molar-refractivity contribution >= 4 is 28.6 Å². The smallest absolute Gasteiger partial charge is 0.237 e. The molecule has 0 N–H and O–H groups in total. The van der Waals surface area contributed by atoms with Crippen molar-refractivity contribution in [3.8, 4) is 0 Å². The lowest BCUT2D eigenvalue weighted by Crippen LogP contribution is -1.94. The molecule has 0 amide bonds. The van der Waals surface area contributed by atoms with E-state index >= 15 is 0 Å². The van der Waals surface area contributed by atoms with E-state index in [0.29, 0.717) is 0 Å². The number of aromatic nitrogens is 4. The third-order valence-corrected chi connectivity index (χ3v) is 3.84. The molecule has 2 aromatic heterocycles. The van der Waals surface area contributed by atoms with E-state index < -0.39 is 0 Å². The van der Waals surface area contributed by atoms with E-state index in [1.54, 1.807) is 11.8 Å². The van der Waals surface area contributed by atoms with E-state index in [-0.39, 0.29) is 0 Å². The van der Waals surface area contributed by atoms with Crippen molar-refractivity contribution in [3.05, 3.63) is 36.9 Å². The van der Waals surface area contributed by atoms with Crippen LogP contribution in [0.1, 0.15) is 6.92 Å². The van der Waals surface area contributed by atoms with Crippen molar-refractivity contribution in [2.45, 2.75) is 18.6 Å². The first-order valence-electron chi connectivity index (χ1n) is 5.93. The lowest BCUT2D eigenvalue weighted by atomic mass is 10.3. The van der Waals surface area contributed by atoms with E-state index in [1.165, 1.54) is 5.52 Å². The average molecular weight is 258 g/mol. The second kappa shape index (κ2) is 4.49. The van der Waals surface area contributed by atoms with Crippen LogP contribution in [-0.4, -0.2) is 24.9 Å². The van der Waals surface area contributed by atoms with Gasteiger partial charge in [-0.25, -0.2) is 0 Å². The quantitative estimate of drug-likeness (QED) is 0.533. The number of rotatable bonds is 4. The maximum atomic E-state index is 4.30. The zero-order valence-electron chi connectivity index (χ0n) is 10.2. The monoisotopic (exact) mass is 258 g/mol. The molecule has 0 aliphatic carbocycles. The molecule has 3 aromatic rings. The van der Waals surface area contributed by atoms with Crippen molar-refractivity contribution in [1.82, 2.24) is 19.2 Å². The van der Waals surface area contributed by atoms with Crippen molar-refractivity contribution < 1.29 is 0 Å². The summed E-state index contributed by atoms with van der Waals surface area (Å²) in [6.45, 7) is 6.75. The summed E-state index contributed by atoms with van der Waals surface area (Å²) in [6, 6.07) is 8.33. The van der Waals surface area contributed by atoms with Crippen LogP contribution in [0.5, 0.6) is 0 Å². The van der Waals surface area contributed by atoms with Crippen molar-refractivity contribution in [2.75, 3.05) is 5.75 Å². The minimum absolute atomic E-state index is 0.840. The highest BCUT2D eigenvalue weighted by molar-refractivity contribution is 7.99. The highest BCUT2D eigenvalue weighted by Gasteiger charge is 2.15. The molecule has 0 radical (unpaired) electrons. The molecule has 5 heteroatoms. The number of thioether (sulfide) groups is 1. The number of imidazole rings is 1. The maximum Gasteiger partial charge on any atom is 0.237 e. The van der Waals surface area contributed by atoms with Crippen LogP contribution >= 0.6 is 11.8 Å². The van der Waals surface area contributed by atoms with Crippen molar-refractivity contribution in [3.63, 3.8) is 0 Å². The van der Waals surface area contributed by atoms with Crippen molar-refractivity contribution in [2.24, 2.45) is 0 Å². The van der Waals surface area contributed by atoms with Gasteiger partial charge in [0, 0.05) is 12.3 Å². The molecule has 2 heterocycles. The van der Waals surface area contributed by atoms with Crippen LogP contribution in [0.25, 0.3) is 16.8 Å². The summed E-state index contributed by atoms with van der Waals surface area (Å²) >= 11 is 1.65. The third kappa shape index (κ3) is 1.54. The molecule has 92 valence electrons. The standard InChI is InChI=1S/C13H14N4S/c1-3-9-18-13-15-14-12-16(4-2)10-7-5-6-8-11(10)17(12)13/h3,5-8H,1,4,9H2,2H3. The van der Waals surface area contributed by atoms with Gasteiger partial charge in [-0.3, -0.25) is 4.40 Å². The Labute approximate surface area is 109 Å². The van der Waals surface area contributed by atoms with Crippen LogP contribution < -0.4 is 0 Å². The third-order valence-electron chi connectivity index (χ3n) is 2.92. The van der Waals surface area contributed by atoms with E-state index in [9.17, 15) is 0 Å². The van der Waals surface area contributed by atoms with Crippen LogP contribution in [0.3, 0.4) is 0 Å².